The lowest BCUT2D eigenvalue weighted by molar-refractivity contribution is -0.330. The molecule has 1 N–H and O–H groups in total. The molecule has 0 radical (unpaired) electrons. The van der Waals surface area contributed by atoms with Gasteiger partial charge < -0.3 is 9.47 Å². The van der Waals surface area contributed by atoms with Crippen molar-refractivity contribution in [3.05, 3.63) is 34.4 Å². The first-order chi connectivity index (χ1) is 11.4. The van der Waals surface area contributed by atoms with Gasteiger partial charge in [0.2, 0.25) is 6.29 Å². The van der Waals surface area contributed by atoms with Crippen molar-refractivity contribution in [2.45, 2.75) is 90.3 Å². The summed E-state index contributed by atoms with van der Waals surface area (Å²) in [5.41, 5.74) is 5.03. The lowest BCUT2D eigenvalue weighted by Gasteiger charge is -2.14. The minimum atomic E-state index is -0.635. The third-order valence-corrected chi connectivity index (χ3v) is 5.76. The molecule has 0 aromatic heterocycles. The van der Waals surface area contributed by atoms with Gasteiger partial charge in [0.25, 0.3) is 0 Å². The van der Waals surface area contributed by atoms with Crippen LogP contribution in [0.3, 0.4) is 0 Å². The largest absolute Gasteiger partial charge is 0.366 e. The van der Waals surface area contributed by atoms with Crippen molar-refractivity contribution in [1.82, 2.24) is 0 Å². The van der Waals surface area contributed by atoms with E-state index in [-0.39, 0.29) is 11.7 Å². The van der Waals surface area contributed by atoms with Gasteiger partial charge in [-0.3, -0.25) is 0 Å². The Kier molecular flexibility index (Phi) is 5.30. The monoisotopic (exact) mass is 334 g/mol. The Morgan fingerprint density at radius 1 is 1.17 bits per heavy atom. The number of hydrogen-bond donors (Lipinski definition) is 1. The predicted molar refractivity (Wildman–Crippen MR) is 93.6 cm³/mol. The van der Waals surface area contributed by atoms with E-state index in [4.69, 9.17) is 14.7 Å². The van der Waals surface area contributed by atoms with Crippen LogP contribution < -0.4 is 0 Å². The molecular formula is C20H30O4. The second-order valence-corrected chi connectivity index (χ2v) is 7.76. The Labute approximate surface area is 145 Å². The molecule has 1 fully saturated rings. The van der Waals surface area contributed by atoms with Gasteiger partial charge in [-0.15, -0.1) is 0 Å². The highest BCUT2D eigenvalue weighted by molar-refractivity contribution is 5.30. The van der Waals surface area contributed by atoms with Crippen molar-refractivity contribution in [3.8, 4) is 0 Å². The zero-order valence-corrected chi connectivity index (χ0v) is 15.3. The van der Waals surface area contributed by atoms with Crippen LogP contribution in [0.15, 0.2) is 34.4 Å². The summed E-state index contributed by atoms with van der Waals surface area (Å²) in [4.78, 5) is 4.50. The summed E-state index contributed by atoms with van der Waals surface area (Å²) in [6.07, 6.45) is 10.4. The molecule has 3 aliphatic rings. The highest BCUT2D eigenvalue weighted by atomic mass is 17.1. The van der Waals surface area contributed by atoms with Crippen LogP contribution in [-0.4, -0.2) is 29.4 Å². The van der Waals surface area contributed by atoms with Crippen molar-refractivity contribution >= 4 is 0 Å². The number of hydrogen-bond acceptors (Lipinski definition) is 4. The first-order valence-corrected chi connectivity index (χ1v) is 9.09. The SMILES string of the molecule is CC1=CCC[C@]2(C)O[C@H]2CCC(C)=C[C@@H]2O[C@@H](OO)C(C)=C2CC1. The highest BCUT2D eigenvalue weighted by Crippen LogP contribution is 2.44. The smallest absolute Gasteiger partial charge is 0.214 e. The van der Waals surface area contributed by atoms with Gasteiger partial charge in [-0.1, -0.05) is 23.3 Å². The maximum Gasteiger partial charge on any atom is 0.214 e. The molecule has 0 aromatic rings. The summed E-state index contributed by atoms with van der Waals surface area (Å²) in [6, 6.07) is 0. The van der Waals surface area contributed by atoms with E-state index in [2.05, 4.69) is 37.8 Å². The summed E-state index contributed by atoms with van der Waals surface area (Å²) < 4.78 is 11.8. The van der Waals surface area contributed by atoms with E-state index in [1.54, 1.807) is 0 Å². The van der Waals surface area contributed by atoms with Crippen LogP contribution in [0.25, 0.3) is 0 Å². The lowest BCUT2D eigenvalue weighted by Crippen LogP contribution is -2.15. The highest BCUT2D eigenvalue weighted by Gasteiger charge is 2.50. The molecule has 2 aliphatic heterocycles. The van der Waals surface area contributed by atoms with E-state index < -0.39 is 6.29 Å². The summed E-state index contributed by atoms with van der Waals surface area (Å²) >= 11 is 0. The summed E-state index contributed by atoms with van der Waals surface area (Å²) in [5.74, 6) is 0. The quantitative estimate of drug-likeness (QED) is 0.320. The molecule has 4 heteroatoms. The zero-order chi connectivity index (χ0) is 17.3. The van der Waals surface area contributed by atoms with Gasteiger partial charge in [0.15, 0.2) is 0 Å². The fourth-order valence-corrected chi connectivity index (χ4v) is 3.89. The standard InChI is InChI=1S/C20H30O4/c1-13-6-5-11-20(4)18(23-20)10-8-14(2)12-17-16(9-7-13)15(3)19(22-17)24-21/h6,12,17-19,21H,5,7-11H2,1-4H3/t17-,18-,19-,20-/m0/s1. The molecule has 0 aromatic carbocycles. The first-order valence-electron chi connectivity index (χ1n) is 9.09. The Bertz CT molecular complexity index is 574. The van der Waals surface area contributed by atoms with Crippen LogP contribution in [0.4, 0.5) is 0 Å². The molecule has 0 saturated carbocycles. The summed E-state index contributed by atoms with van der Waals surface area (Å²) in [5, 5.41) is 9.08. The molecule has 1 aliphatic carbocycles. The molecule has 3 rings (SSSR count). The third kappa shape index (κ3) is 3.83. The molecule has 0 amide bonds. The minimum Gasteiger partial charge on any atom is -0.366 e. The van der Waals surface area contributed by atoms with Crippen LogP contribution in [-0.2, 0) is 14.4 Å². The molecule has 0 bridgehead atoms. The third-order valence-electron chi connectivity index (χ3n) is 5.76. The van der Waals surface area contributed by atoms with Crippen LogP contribution in [0.1, 0.15) is 66.2 Å². The Balaban J connectivity index is 1.80. The van der Waals surface area contributed by atoms with E-state index in [9.17, 15) is 0 Å². The average molecular weight is 334 g/mol. The van der Waals surface area contributed by atoms with E-state index >= 15 is 0 Å². The molecular weight excluding hydrogens is 304 g/mol. The van der Waals surface area contributed by atoms with Crippen molar-refractivity contribution in [2.75, 3.05) is 0 Å². The fraction of sp³-hybridized carbons (Fsp3) is 0.700. The van der Waals surface area contributed by atoms with Gasteiger partial charge in [-0.25, -0.2) is 10.1 Å². The zero-order valence-electron chi connectivity index (χ0n) is 15.3. The number of ether oxygens (including phenoxy) is 2. The van der Waals surface area contributed by atoms with Crippen molar-refractivity contribution in [2.24, 2.45) is 0 Å². The van der Waals surface area contributed by atoms with Crippen molar-refractivity contribution < 1.29 is 19.6 Å². The molecule has 0 unspecified atom stereocenters. The second kappa shape index (κ2) is 7.12. The molecule has 4 nitrogen and oxygen atoms in total. The molecule has 1 saturated heterocycles. The normalized spacial score (nSPS) is 38.0. The van der Waals surface area contributed by atoms with Gasteiger partial charge in [0, 0.05) is 0 Å². The molecule has 24 heavy (non-hydrogen) atoms. The number of epoxide rings is 1. The number of rotatable bonds is 1. The predicted octanol–water partition coefficient (Wildman–Crippen LogP) is 4.92. The van der Waals surface area contributed by atoms with E-state index in [0.29, 0.717) is 6.10 Å². The van der Waals surface area contributed by atoms with E-state index in [1.807, 2.05) is 6.92 Å². The molecule has 2 heterocycles. The maximum absolute atomic E-state index is 9.08. The lowest BCUT2D eigenvalue weighted by atomic mass is 9.93. The van der Waals surface area contributed by atoms with Crippen molar-refractivity contribution in [3.63, 3.8) is 0 Å². The van der Waals surface area contributed by atoms with Gasteiger partial charge in [-0.2, -0.15) is 0 Å². The fourth-order valence-electron chi connectivity index (χ4n) is 3.89. The maximum atomic E-state index is 9.08. The van der Waals surface area contributed by atoms with Gasteiger partial charge >= 0.3 is 0 Å². The average Bonchev–Trinajstić information content (AvgIpc) is 3.09. The molecule has 134 valence electrons. The van der Waals surface area contributed by atoms with Gasteiger partial charge in [0.05, 0.1) is 11.7 Å². The van der Waals surface area contributed by atoms with Crippen LogP contribution in [0, 0.1) is 0 Å². The van der Waals surface area contributed by atoms with Gasteiger partial charge in [0.1, 0.15) is 6.10 Å². The first kappa shape index (κ1) is 17.9. The van der Waals surface area contributed by atoms with Gasteiger partial charge in [-0.05, 0) is 77.4 Å². The minimum absolute atomic E-state index is 0.0719. The summed E-state index contributed by atoms with van der Waals surface area (Å²) in [7, 11) is 0. The summed E-state index contributed by atoms with van der Waals surface area (Å²) in [6.45, 7) is 8.58. The molecule has 0 spiro atoms. The number of allylic oxidation sites excluding steroid dienone is 3. The van der Waals surface area contributed by atoms with Crippen LogP contribution in [0.5, 0.6) is 0 Å². The Morgan fingerprint density at radius 3 is 2.71 bits per heavy atom. The van der Waals surface area contributed by atoms with Crippen molar-refractivity contribution in [1.29, 1.82) is 0 Å². The number of fused-ring (bicyclic) bond motifs is 2. The Morgan fingerprint density at radius 2 is 1.96 bits per heavy atom. The van der Waals surface area contributed by atoms with Crippen LogP contribution in [0.2, 0.25) is 0 Å². The topological polar surface area (TPSA) is 51.2 Å². The Hall–Kier alpha value is -0.940. The van der Waals surface area contributed by atoms with E-state index in [1.165, 1.54) is 16.7 Å². The second-order valence-electron chi connectivity index (χ2n) is 7.76. The molecule has 4 atom stereocenters. The van der Waals surface area contributed by atoms with E-state index in [0.717, 1.165) is 44.1 Å². The van der Waals surface area contributed by atoms with Crippen LogP contribution >= 0.6 is 0 Å².